The van der Waals surface area contributed by atoms with Crippen LogP contribution in [0.4, 0.5) is 5.69 Å². The topological polar surface area (TPSA) is 66.9 Å². The van der Waals surface area contributed by atoms with E-state index in [1.165, 1.54) is 21.0 Å². The molecule has 136 valence electrons. The van der Waals surface area contributed by atoms with Crippen LogP contribution in [0.2, 0.25) is 0 Å². The van der Waals surface area contributed by atoms with Crippen LogP contribution in [0.1, 0.15) is 37.8 Å². The maximum absolute atomic E-state index is 12.5. The summed E-state index contributed by atoms with van der Waals surface area (Å²) in [5.41, 5.74) is 2.82. The Kier molecular flexibility index (Phi) is 5.82. The molecule has 1 aliphatic heterocycles. The number of likely N-dealkylation sites (tertiary alicyclic amines) is 1. The zero-order chi connectivity index (χ0) is 18.7. The normalized spacial score (nSPS) is 20.1. The zero-order valence-corrected chi connectivity index (χ0v) is 15.5. The highest BCUT2D eigenvalue weighted by Crippen LogP contribution is 2.32. The average molecular weight is 346 g/mol. The van der Waals surface area contributed by atoms with E-state index >= 15 is 0 Å². The number of anilines is 1. The molecule has 0 N–H and O–H groups in total. The number of piperidine rings is 1. The smallest absolute Gasteiger partial charge is 0.308 e. The van der Waals surface area contributed by atoms with Gasteiger partial charge in [-0.2, -0.15) is 0 Å². The van der Waals surface area contributed by atoms with Gasteiger partial charge in [0.2, 0.25) is 11.8 Å². The summed E-state index contributed by atoms with van der Waals surface area (Å²) in [5.74, 6) is -0.881. The van der Waals surface area contributed by atoms with Crippen LogP contribution >= 0.6 is 0 Å². The number of ether oxygens (including phenoxy) is 1. The Morgan fingerprint density at radius 2 is 1.88 bits per heavy atom. The van der Waals surface area contributed by atoms with Crippen molar-refractivity contribution >= 4 is 23.5 Å². The predicted molar refractivity (Wildman–Crippen MR) is 95.0 cm³/mol. The van der Waals surface area contributed by atoms with Crippen LogP contribution in [-0.2, 0) is 19.1 Å². The summed E-state index contributed by atoms with van der Waals surface area (Å²) in [6.07, 6.45) is 0.426. The first-order valence-corrected chi connectivity index (χ1v) is 8.48. The van der Waals surface area contributed by atoms with Gasteiger partial charge in [0.25, 0.3) is 0 Å². The van der Waals surface area contributed by atoms with Gasteiger partial charge in [-0.25, -0.2) is 0 Å². The van der Waals surface area contributed by atoms with Crippen LogP contribution in [0.25, 0.3) is 0 Å². The van der Waals surface area contributed by atoms with Gasteiger partial charge in [-0.05, 0) is 31.9 Å². The number of rotatable bonds is 3. The molecule has 1 fully saturated rings. The molecule has 2 amide bonds. The van der Waals surface area contributed by atoms with Crippen LogP contribution < -0.4 is 4.90 Å². The van der Waals surface area contributed by atoms with E-state index in [0.717, 1.165) is 16.8 Å². The lowest BCUT2D eigenvalue weighted by Crippen LogP contribution is -2.57. The van der Waals surface area contributed by atoms with Gasteiger partial charge in [-0.1, -0.05) is 17.7 Å². The molecule has 1 aliphatic rings. The summed E-state index contributed by atoms with van der Waals surface area (Å²) in [6.45, 7) is 7.33. The number of benzene rings is 1. The molecule has 1 aromatic rings. The van der Waals surface area contributed by atoms with Gasteiger partial charge >= 0.3 is 5.97 Å². The minimum atomic E-state index is -0.491. The van der Waals surface area contributed by atoms with Crippen molar-refractivity contribution < 1.29 is 19.1 Å². The number of amides is 2. The average Bonchev–Trinajstić information content (AvgIpc) is 2.55. The minimum absolute atomic E-state index is 0.107. The van der Waals surface area contributed by atoms with Crippen molar-refractivity contribution in [3.8, 4) is 0 Å². The molecule has 0 aromatic heterocycles. The Morgan fingerprint density at radius 3 is 2.40 bits per heavy atom. The maximum atomic E-state index is 12.5. The summed E-state index contributed by atoms with van der Waals surface area (Å²) >= 11 is 0. The van der Waals surface area contributed by atoms with Crippen LogP contribution in [0.3, 0.4) is 0 Å². The number of carbonyl (C=O) groups is 3. The maximum Gasteiger partial charge on any atom is 0.308 e. The van der Waals surface area contributed by atoms with Crippen molar-refractivity contribution in [2.75, 3.05) is 18.6 Å². The number of esters is 1. The summed E-state index contributed by atoms with van der Waals surface area (Å²) in [7, 11) is 1.36. The number of hydrogen-bond donors (Lipinski definition) is 0. The van der Waals surface area contributed by atoms with Gasteiger partial charge in [0.05, 0.1) is 13.0 Å². The molecule has 2 unspecified atom stereocenters. The monoisotopic (exact) mass is 346 g/mol. The van der Waals surface area contributed by atoms with E-state index in [-0.39, 0.29) is 23.7 Å². The van der Waals surface area contributed by atoms with E-state index in [2.05, 4.69) is 0 Å². The SMILES string of the molecule is COC(=O)C1CCN(C(C)=O)C(N(C(C)=O)c2ccc(C)cc2C)C1. The van der Waals surface area contributed by atoms with Gasteiger partial charge in [0, 0.05) is 32.5 Å². The van der Waals surface area contributed by atoms with Crippen molar-refractivity contribution in [3.63, 3.8) is 0 Å². The first-order valence-electron chi connectivity index (χ1n) is 8.48. The molecule has 1 aromatic carbocycles. The Morgan fingerprint density at radius 1 is 1.20 bits per heavy atom. The summed E-state index contributed by atoms with van der Waals surface area (Å²) < 4.78 is 4.87. The third-order valence-corrected chi connectivity index (χ3v) is 4.76. The molecule has 0 saturated carbocycles. The molecular weight excluding hydrogens is 320 g/mol. The lowest BCUT2D eigenvalue weighted by Gasteiger charge is -2.44. The molecule has 0 radical (unpaired) electrons. The lowest BCUT2D eigenvalue weighted by atomic mass is 9.93. The molecule has 1 saturated heterocycles. The first-order chi connectivity index (χ1) is 11.8. The fraction of sp³-hybridized carbons (Fsp3) is 0.526. The first kappa shape index (κ1) is 19.0. The third kappa shape index (κ3) is 4.00. The molecular formula is C19H26N2O4. The fourth-order valence-electron chi connectivity index (χ4n) is 3.55. The van der Waals surface area contributed by atoms with Crippen LogP contribution in [0.15, 0.2) is 18.2 Å². The van der Waals surface area contributed by atoms with Crippen LogP contribution in [-0.4, -0.2) is 42.5 Å². The number of methoxy groups -OCH3 is 1. The van der Waals surface area contributed by atoms with Crippen molar-refractivity contribution in [2.45, 2.75) is 46.7 Å². The molecule has 0 bridgehead atoms. The molecule has 1 heterocycles. The Bertz CT molecular complexity index is 686. The molecule has 2 rings (SSSR count). The van der Waals surface area contributed by atoms with Gasteiger partial charge in [-0.15, -0.1) is 0 Å². The van der Waals surface area contributed by atoms with Crippen molar-refractivity contribution in [1.82, 2.24) is 4.90 Å². The zero-order valence-electron chi connectivity index (χ0n) is 15.5. The molecule has 2 atom stereocenters. The second kappa shape index (κ2) is 7.68. The largest absolute Gasteiger partial charge is 0.469 e. The van der Waals surface area contributed by atoms with E-state index in [1.807, 2.05) is 32.0 Å². The second-order valence-electron chi connectivity index (χ2n) is 6.62. The Balaban J connectivity index is 2.45. The molecule has 0 aliphatic carbocycles. The molecule has 6 nitrogen and oxygen atoms in total. The third-order valence-electron chi connectivity index (χ3n) is 4.76. The van der Waals surface area contributed by atoms with E-state index in [9.17, 15) is 14.4 Å². The van der Waals surface area contributed by atoms with Gasteiger partial charge in [0.1, 0.15) is 6.17 Å². The van der Waals surface area contributed by atoms with Crippen molar-refractivity contribution in [2.24, 2.45) is 5.92 Å². The quantitative estimate of drug-likeness (QED) is 0.788. The number of carbonyl (C=O) groups excluding carboxylic acids is 3. The van der Waals surface area contributed by atoms with Gasteiger partial charge < -0.3 is 9.64 Å². The molecule has 25 heavy (non-hydrogen) atoms. The number of hydrogen-bond acceptors (Lipinski definition) is 4. The number of nitrogens with zero attached hydrogens (tertiary/aromatic N) is 2. The summed E-state index contributed by atoms with van der Waals surface area (Å²) in [5, 5.41) is 0. The highest BCUT2D eigenvalue weighted by atomic mass is 16.5. The van der Waals surface area contributed by atoms with Crippen molar-refractivity contribution in [3.05, 3.63) is 29.3 Å². The Labute approximate surface area is 148 Å². The minimum Gasteiger partial charge on any atom is -0.469 e. The van der Waals surface area contributed by atoms with E-state index in [4.69, 9.17) is 4.74 Å². The highest BCUT2D eigenvalue weighted by molar-refractivity contribution is 5.94. The fourth-order valence-corrected chi connectivity index (χ4v) is 3.55. The molecule has 0 spiro atoms. The van der Waals surface area contributed by atoms with Crippen molar-refractivity contribution in [1.29, 1.82) is 0 Å². The second-order valence-corrected chi connectivity index (χ2v) is 6.62. The van der Waals surface area contributed by atoms with Gasteiger partial charge in [-0.3, -0.25) is 19.3 Å². The van der Waals surface area contributed by atoms with E-state index < -0.39 is 6.17 Å². The van der Waals surface area contributed by atoms with E-state index in [1.54, 1.807) is 9.80 Å². The summed E-state index contributed by atoms with van der Waals surface area (Å²) in [4.78, 5) is 39.9. The Hall–Kier alpha value is -2.37. The highest BCUT2D eigenvalue weighted by Gasteiger charge is 2.39. The predicted octanol–water partition coefficient (Wildman–Crippen LogP) is 2.41. The van der Waals surface area contributed by atoms with E-state index in [0.29, 0.717) is 19.4 Å². The van der Waals surface area contributed by atoms with Crippen LogP contribution in [0, 0.1) is 19.8 Å². The van der Waals surface area contributed by atoms with Gasteiger partial charge in [0.15, 0.2) is 0 Å². The lowest BCUT2D eigenvalue weighted by molar-refractivity contribution is -0.150. The number of aryl methyl sites for hydroxylation is 2. The van der Waals surface area contributed by atoms with Crippen LogP contribution in [0.5, 0.6) is 0 Å². The standard InChI is InChI=1S/C19H26N2O4/c1-12-6-7-17(13(2)10-12)21(15(4)23)18-11-16(19(24)25-5)8-9-20(18)14(3)22/h6-7,10,16,18H,8-9,11H2,1-5H3. The molecule has 6 heteroatoms. The summed E-state index contributed by atoms with van der Waals surface area (Å²) in [6, 6.07) is 5.84.